The third kappa shape index (κ3) is 2.73. The van der Waals surface area contributed by atoms with E-state index in [1.165, 1.54) is 12.1 Å². The second-order valence-corrected chi connectivity index (χ2v) is 5.97. The molecule has 3 aromatic rings. The van der Waals surface area contributed by atoms with E-state index in [2.05, 4.69) is 14.8 Å². The SMILES string of the molecule is Oc1cccc2ccc(N3CCN(c4ccc(F)cc4)CC3)nc12. The molecule has 4 nitrogen and oxygen atoms in total. The van der Waals surface area contributed by atoms with Crippen LogP contribution in [0.15, 0.2) is 54.6 Å². The van der Waals surface area contributed by atoms with Gasteiger partial charge in [-0.2, -0.15) is 0 Å². The van der Waals surface area contributed by atoms with Crippen LogP contribution in [0.3, 0.4) is 0 Å². The highest BCUT2D eigenvalue weighted by atomic mass is 19.1. The van der Waals surface area contributed by atoms with E-state index in [9.17, 15) is 9.50 Å². The molecule has 0 saturated carbocycles. The summed E-state index contributed by atoms with van der Waals surface area (Å²) in [5.74, 6) is 0.875. The molecule has 1 aliphatic rings. The number of pyridine rings is 1. The van der Waals surface area contributed by atoms with E-state index < -0.39 is 0 Å². The number of hydrogen-bond acceptors (Lipinski definition) is 4. The van der Waals surface area contributed by atoms with E-state index in [-0.39, 0.29) is 11.6 Å². The van der Waals surface area contributed by atoms with Gasteiger partial charge in [-0.1, -0.05) is 12.1 Å². The summed E-state index contributed by atoms with van der Waals surface area (Å²) in [4.78, 5) is 9.07. The van der Waals surface area contributed by atoms with Crippen LogP contribution in [0.25, 0.3) is 10.9 Å². The van der Waals surface area contributed by atoms with Gasteiger partial charge in [0, 0.05) is 37.3 Å². The molecule has 0 unspecified atom stereocenters. The van der Waals surface area contributed by atoms with Crippen LogP contribution in [-0.2, 0) is 0 Å². The van der Waals surface area contributed by atoms with Gasteiger partial charge < -0.3 is 14.9 Å². The van der Waals surface area contributed by atoms with Crippen LogP contribution < -0.4 is 9.80 Å². The number of benzene rings is 2. The van der Waals surface area contributed by atoms with Gasteiger partial charge in [-0.25, -0.2) is 9.37 Å². The molecule has 4 rings (SSSR count). The van der Waals surface area contributed by atoms with Crippen molar-refractivity contribution in [1.29, 1.82) is 0 Å². The summed E-state index contributed by atoms with van der Waals surface area (Å²) in [7, 11) is 0. The molecule has 0 spiro atoms. The summed E-state index contributed by atoms with van der Waals surface area (Å²) >= 11 is 0. The van der Waals surface area contributed by atoms with Crippen molar-refractivity contribution in [2.75, 3.05) is 36.0 Å². The first kappa shape index (κ1) is 14.8. The molecule has 0 amide bonds. The largest absolute Gasteiger partial charge is 0.506 e. The summed E-state index contributed by atoms with van der Waals surface area (Å²) in [6, 6.07) is 16.0. The van der Waals surface area contributed by atoms with Crippen LogP contribution in [0.5, 0.6) is 5.75 Å². The topological polar surface area (TPSA) is 39.6 Å². The van der Waals surface area contributed by atoms with Crippen molar-refractivity contribution in [2.24, 2.45) is 0 Å². The Morgan fingerprint density at radius 1 is 0.833 bits per heavy atom. The van der Waals surface area contributed by atoms with Crippen molar-refractivity contribution in [3.05, 3.63) is 60.4 Å². The molecule has 1 saturated heterocycles. The zero-order chi connectivity index (χ0) is 16.5. The summed E-state index contributed by atoms with van der Waals surface area (Å²) in [5, 5.41) is 10.9. The Balaban J connectivity index is 1.51. The molecule has 122 valence electrons. The third-order valence-corrected chi connectivity index (χ3v) is 4.48. The Kier molecular flexibility index (Phi) is 3.69. The summed E-state index contributed by atoms with van der Waals surface area (Å²) in [6.45, 7) is 3.38. The minimum absolute atomic E-state index is 0.208. The molecule has 5 heteroatoms. The van der Waals surface area contributed by atoms with Crippen molar-refractivity contribution in [2.45, 2.75) is 0 Å². The Morgan fingerprint density at radius 3 is 2.29 bits per heavy atom. The van der Waals surface area contributed by atoms with E-state index in [4.69, 9.17) is 0 Å². The lowest BCUT2D eigenvalue weighted by molar-refractivity contribution is 0.480. The highest BCUT2D eigenvalue weighted by molar-refractivity contribution is 5.85. The molecule has 24 heavy (non-hydrogen) atoms. The number of aromatic nitrogens is 1. The molecule has 2 heterocycles. The molecule has 1 N–H and O–H groups in total. The number of para-hydroxylation sites is 1. The van der Waals surface area contributed by atoms with Gasteiger partial charge in [-0.15, -0.1) is 0 Å². The van der Waals surface area contributed by atoms with E-state index in [1.54, 1.807) is 6.07 Å². The molecular weight excluding hydrogens is 305 g/mol. The molecule has 0 aliphatic carbocycles. The number of halogens is 1. The highest BCUT2D eigenvalue weighted by Crippen LogP contribution is 2.26. The second-order valence-electron chi connectivity index (χ2n) is 5.97. The summed E-state index contributed by atoms with van der Waals surface area (Å²) in [5.41, 5.74) is 1.68. The van der Waals surface area contributed by atoms with E-state index in [0.29, 0.717) is 5.52 Å². The first-order chi connectivity index (χ1) is 11.7. The Bertz CT molecular complexity index is 858. The van der Waals surface area contributed by atoms with Crippen molar-refractivity contribution in [3.8, 4) is 5.75 Å². The number of aromatic hydroxyl groups is 1. The number of hydrogen-bond donors (Lipinski definition) is 1. The normalized spacial score (nSPS) is 15.0. The van der Waals surface area contributed by atoms with Gasteiger partial charge in [-0.3, -0.25) is 0 Å². The van der Waals surface area contributed by atoms with Gasteiger partial charge in [0.05, 0.1) is 0 Å². The number of fused-ring (bicyclic) bond motifs is 1. The quantitative estimate of drug-likeness (QED) is 0.784. The summed E-state index contributed by atoms with van der Waals surface area (Å²) in [6.07, 6.45) is 0. The fourth-order valence-corrected chi connectivity index (χ4v) is 3.14. The average Bonchev–Trinajstić information content (AvgIpc) is 2.63. The van der Waals surface area contributed by atoms with Gasteiger partial charge in [0.25, 0.3) is 0 Å². The molecule has 0 bridgehead atoms. The van der Waals surface area contributed by atoms with Crippen molar-refractivity contribution >= 4 is 22.4 Å². The monoisotopic (exact) mass is 323 g/mol. The fraction of sp³-hybridized carbons (Fsp3) is 0.211. The number of piperazine rings is 1. The number of rotatable bonds is 2. The van der Waals surface area contributed by atoms with Crippen molar-refractivity contribution in [1.82, 2.24) is 4.98 Å². The van der Waals surface area contributed by atoms with Crippen molar-refractivity contribution in [3.63, 3.8) is 0 Å². The Labute approximate surface area is 139 Å². The molecule has 0 atom stereocenters. The Hall–Kier alpha value is -2.82. The van der Waals surface area contributed by atoms with Crippen LogP contribution in [0.4, 0.5) is 15.9 Å². The lowest BCUT2D eigenvalue weighted by atomic mass is 10.2. The van der Waals surface area contributed by atoms with Gasteiger partial charge in [-0.05, 0) is 42.5 Å². The number of phenols is 1. The number of phenolic OH excluding ortho intramolecular Hbond substituents is 1. The predicted octanol–water partition coefficient (Wildman–Crippen LogP) is 3.41. The maximum absolute atomic E-state index is 13.0. The standard InChI is InChI=1S/C19H18FN3O/c20-15-5-7-16(8-6-15)22-10-12-23(13-11-22)18-9-4-14-2-1-3-17(24)19(14)21-18/h1-9,24H,10-13H2. The number of anilines is 2. The maximum atomic E-state index is 13.0. The van der Waals surface area contributed by atoms with Gasteiger partial charge in [0.15, 0.2) is 0 Å². The fourth-order valence-electron chi connectivity index (χ4n) is 3.14. The average molecular weight is 323 g/mol. The van der Waals surface area contributed by atoms with Crippen LogP contribution in [-0.4, -0.2) is 36.3 Å². The molecule has 1 fully saturated rings. The number of nitrogens with zero attached hydrogens (tertiary/aromatic N) is 3. The lowest BCUT2D eigenvalue weighted by Crippen LogP contribution is -2.46. The first-order valence-electron chi connectivity index (χ1n) is 8.05. The van der Waals surface area contributed by atoms with E-state index in [0.717, 1.165) is 43.1 Å². The Morgan fingerprint density at radius 2 is 1.54 bits per heavy atom. The van der Waals surface area contributed by atoms with Crippen molar-refractivity contribution < 1.29 is 9.50 Å². The molecular formula is C19H18FN3O. The predicted molar refractivity (Wildman–Crippen MR) is 94.2 cm³/mol. The van der Waals surface area contributed by atoms with Gasteiger partial charge in [0.1, 0.15) is 22.9 Å². The lowest BCUT2D eigenvalue weighted by Gasteiger charge is -2.36. The maximum Gasteiger partial charge on any atom is 0.141 e. The molecule has 0 radical (unpaired) electrons. The zero-order valence-electron chi connectivity index (χ0n) is 13.2. The minimum atomic E-state index is -0.211. The highest BCUT2D eigenvalue weighted by Gasteiger charge is 2.19. The van der Waals surface area contributed by atoms with Gasteiger partial charge >= 0.3 is 0 Å². The smallest absolute Gasteiger partial charge is 0.141 e. The summed E-state index contributed by atoms with van der Waals surface area (Å²) < 4.78 is 13.0. The third-order valence-electron chi connectivity index (χ3n) is 4.48. The molecule has 1 aromatic heterocycles. The second kappa shape index (κ2) is 6.00. The van der Waals surface area contributed by atoms with Crippen LogP contribution in [0, 0.1) is 5.82 Å². The van der Waals surface area contributed by atoms with Crippen LogP contribution >= 0.6 is 0 Å². The van der Waals surface area contributed by atoms with Crippen LogP contribution in [0.2, 0.25) is 0 Å². The first-order valence-corrected chi connectivity index (χ1v) is 8.05. The minimum Gasteiger partial charge on any atom is -0.506 e. The molecule has 2 aromatic carbocycles. The molecule has 1 aliphatic heterocycles. The van der Waals surface area contributed by atoms with E-state index in [1.807, 2.05) is 36.4 Å². The van der Waals surface area contributed by atoms with E-state index >= 15 is 0 Å². The van der Waals surface area contributed by atoms with Crippen LogP contribution in [0.1, 0.15) is 0 Å². The van der Waals surface area contributed by atoms with Gasteiger partial charge in [0.2, 0.25) is 0 Å². The zero-order valence-corrected chi connectivity index (χ0v) is 13.2.